The average Bonchev–Trinajstić information content (AvgIpc) is 2.80. The van der Waals surface area contributed by atoms with Gasteiger partial charge in [0.1, 0.15) is 0 Å². The number of piperidine rings is 3. The van der Waals surface area contributed by atoms with E-state index in [4.69, 9.17) is 0 Å². The fourth-order valence-electron chi connectivity index (χ4n) is 5.52. The molecule has 0 N–H and O–H groups in total. The number of amides is 1. The van der Waals surface area contributed by atoms with Gasteiger partial charge in [0.2, 0.25) is 10.0 Å². The lowest BCUT2D eigenvalue weighted by Gasteiger charge is -2.38. The van der Waals surface area contributed by atoms with Crippen LogP contribution in [-0.4, -0.2) is 73.7 Å². The van der Waals surface area contributed by atoms with E-state index in [1.807, 2.05) is 11.8 Å². The number of sulfonamides is 1. The van der Waals surface area contributed by atoms with Gasteiger partial charge in [0.15, 0.2) is 0 Å². The zero-order valence-electron chi connectivity index (χ0n) is 19.7. The van der Waals surface area contributed by atoms with E-state index in [1.165, 1.54) is 32.4 Å². The van der Waals surface area contributed by atoms with E-state index in [0.717, 1.165) is 51.2 Å². The maximum Gasteiger partial charge on any atom is 0.253 e. The molecule has 6 nitrogen and oxygen atoms in total. The molecular formula is C25H39N3O3S. The fraction of sp³-hybridized carbons (Fsp3) is 0.720. The van der Waals surface area contributed by atoms with Crippen molar-refractivity contribution in [2.45, 2.75) is 69.7 Å². The Morgan fingerprint density at radius 3 is 2.31 bits per heavy atom. The molecule has 0 aromatic heterocycles. The van der Waals surface area contributed by atoms with Gasteiger partial charge in [-0.25, -0.2) is 8.42 Å². The molecule has 0 radical (unpaired) electrons. The van der Waals surface area contributed by atoms with Crippen molar-refractivity contribution in [2.24, 2.45) is 11.8 Å². The van der Waals surface area contributed by atoms with Crippen LogP contribution in [0.5, 0.6) is 0 Å². The van der Waals surface area contributed by atoms with E-state index in [0.29, 0.717) is 22.9 Å². The molecule has 4 rings (SSSR count). The van der Waals surface area contributed by atoms with Crippen LogP contribution in [0.4, 0.5) is 0 Å². The van der Waals surface area contributed by atoms with Crippen LogP contribution >= 0.6 is 0 Å². The second-order valence-electron chi connectivity index (χ2n) is 10.2. The zero-order valence-corrected chi connectivity index (χ0v) is 20.5. The molecule has 3 saturated heterocycles. The Kier molecular flexibility index (Phi) is 7.58. The summed E-state index contributed by atoms with van der Waals surface area (Å²) < 4.78 is 27.7. The molecule has 1 aromatic rings. The number of carbonyl (C=O) groups is 1. The quantitative estimate of drug-likeness (QED) is 0.669. The maximum atomic E-state index is 13.1. The molecule has 2 unspecified atom stereocenters. The van der Waals surface area contributed by atoms with Gasteiger partial charge in [0.25, 0.3) is 5.91 Å². The minimum Gasteiger partial charge on any atom is -0.338 e. The van der Waals surface area contributed by atoms with Gasteiger partial charge in [0.05, 0.1) is 4.90 Å². The highest BCUT2D eigenvalue weighted by Gasteiger charge is 2.31. The highest BCUT2D eigenvalue weighted by atomic mass is 32.2. The Bertz CT molecular complexity index is 878. The molecule has 3 aliphatic rings. The average molecular weight is 462 g/mol. The van der Waals surface area contributed by atoms with Crippen LogP contribution in [0.25, 0.3) is 0 Å². The lowest BCUT2D eigenvalue weighted by atomic mass is 9.94. The van der Waals surface area contributed by atoms with Crippen molar-refractivity contribution in [1.82, 2.24) is 14.1 Å². The Hall–Kier alpha value is -1.44. The van der Waals surface area contributed by atoms with Crippen molar-refractivity contribution in [1.29, 1.82) is 0 Å². The third-order valence-electron chi connectivity index (χ3n) is 7.65. The number of hydrogen-bond acceptors (Lipinski definition) is 4. The van der Waals surface area contributed by atoms with Gasteiger partial charge in [0, 0.05) is 37.8 Å². The molecule has 7 heteroatoms. The smallest absolute Gasteiger partial charge is 0.253 e. The molecule has 178 valence electrons. The predicted octanol–water partition coefficient (Wildman–Crippen LogP) is 3.83. The molecule has 1 aromatic carbocycles. The lowest BCUT2D eigenvalue weighted by molar-refractivity contribution is 0.0622. The largest absolute Gasteiger partial charge is 0.338 e. The van der Waals surface area contributed by atoms with Crippen molar-refractivity contribution < 1.29 is 13.2 Å². The second kappa shape index (κ2) is 10.2. The van der Waals surface area contributed by atoms with Gasteiger partial charge in [-0.15, -0.1) is 0 Å². The summed E-state index contributed by atoms with van der Waals surface area (Å²) in [5.41, 5.74) is 0.586. The van der Waals surface area contributed by atoms with Crippen LogP contribution in [0.15, 0.2) is 29.2 Å². The van der Waals surface area contributed by atoms with Crippen molar-refractivity contribution in [3.8, 4) is 0 Å². The molecule has 1 amide bonds. The SMILES string of the molecule is CC1CCN(CC2CCCN(C(=O)c3ccc(S(=O)(=O)N4CCCCC4C)cc3)C2)CC1. The first kappa shape index (κ1) is 23.7. The summed E-state index contributed by atoms with van der Waals surface area (Å²) in [6.45, 7) is 9.92. The molecule has 32 heavy (non-hydrogen) atoms. The van der Waals surface area contributed by atoms with Gasteiger partial charge in [-0.3, -0.25) is 4.79 Å². The normalized spacial score (nSPS) is 26.9. The maximum absolute atomic E-state index is 13.1. The standard InChI is InChI=1S/C25H39N3O3S/c1-20-12-16-26(17-13-20)18-22-7-5-14-27(19-22)25(29)23-8-10-24(11-9-23)32(30,31)28-15-4-3-6-21(28)2/h8-11,20-22H,3-7,12-19H2,1-2H3. The molecule has 3 aliphatic heterocycles. The van der Waals surface area contributed by atoms with E-state index >= 15 is 0 Å². The topological polar surface area (TPSA) is 60.9 Å². The molecule has 0 spiro atoms. The highest BCUT2D eigenvalue weighted by molar-refractivity contribution is 7.89. The number of nitrogens with zero attached hydrogens (tertiary/aromatic N) is 3. The molecule has 3 fully saturated rings. The first-order valence-corrected chi connectivity index (χ1v) is 13.9. The molecule has 3 heterocycles. The van der Waals surface area contributed by atoms with Gasteiger partial charge in [-0.05, 0) is 94.6 Å². The number of hydrogen-bond donors (Lipinski definition) is 0. The van der Waals surface area contributed by atoms with Crippen molar-refractivity contribution in [3.63, 3.8) is 0 Å². The van der Waals surface area contributed by atoms with Crippen molar-refractivity contribution in [3.05, 3.63) is 29.8 Å². The van der Waals surface area contributed by atoms with Crippen LogP contribution in [0.2, 0.25) is 0 Å². The van der Waals surface area contributed by atoms with Crippen LogP contribution < -0.4 is 0 Å². The van der Waals surface area contributed by atoms with E-state index < -0.39 is 10.0 Å². The summed E-state index contributed by atoms with van der Waals surface area (Å²) in [4.78, 5) is 18.0. The minimum absolute atomic E-state index is 0.0252. The molecule has 0 bridgehead atoms. The van der Waals surface area contributed by atoms with Crippen LogP contribution in [0.3, 0.4) is 0 Å². The summed E-state index contributed by atoms with van der Waals surface area (Å²) in [6.07, 6.45) is 7.67. The Morgan fingerprint density at radius 2 is 1.62 bits per heavy atom. The summed E-state index contributed by atoms with van der Waals surface area (Å²) in [5, 5.41) is 0. The minimum atomic E-state index is -3.50. The summed E-state index contributed by atoms with van der Waals surface area (Å²) in [7, 11) is -3.50. The van der Waals surface area contributed by atoms with Crippen molar-refractivity contribution >= 4 is 15.9 Å². The Balaban J connectivity index is 1.37. The van der Waals surface area contributed by atoms with Crippen LogP contribution in [0, 0.1) is 11.8 Å². The monoisotopic (exact) mass is 461 g/mol. The highest BCUT2D eigenvalue weighted by Crippen LogP contribution is 2.26. The van der Waals surface area contributed by atoms with E-state index in [1.54, 1.807) is 28.6 Å². The summed E-state index contributed by atoms with van der Waals surface area (Å²) >= 11 is 0. The first-order chi connectivity index (χ1) is 15.3. The third kappa shape index (κ3) is 5.37. The van der Waals surface area contributed by atoms with Gasteiger partial charge >= 0.3 is 0 Å². The lowest BCUT2D eigenvalue weighted by Crippen LogP contribution is -2.45. The van der Waals surface area contributed by atoms with E-state index in [2.05, 4.69) is 11.8 Å². The Morgan fingerprint density at radius 1 is 0.906 bits per heavy atom. The molecule has 2 atom stereocenters. The number of likely N-dealkylation sites (tertiary alicyclic amines) is 2. The number of carbonyl (C=O) groups excluding carboxylic acids is 1. The van der Waals surface area contributed by atoms with Crippen LogP contribution in [0.1, 0.15) is 69.2 Å². The summed E-state index contributed by atoms with van der Waals surface area (Å²) in [6, 6.07) is 6.64. The van der Waals surface area contributed by atoms with E-state index in [9.17, 15) is 13.2 Å². The molecule has 0 saturated carbocycles. The second-order valence-corrected chi connectivity index (χ2v) is 12.1. The molecule has 0 aliphatic carbocycles. The number of benzene rings is 1. The predicted molar refractivity (Wildman–Crippen MR) is 127 cm³/mol. The first-order valence-electron chi connectivity index (χ1n) is 12.5. The van der Waals surface area contributed by atoms with Crippen molar-refractivity contribution in [2.75, 3.05) is 39.3 Å². The van der Waals surface area contributed by atoms with Gasteiger partial charge < -0.3 is 9.80 Å². The molecular weight excluding hydrogens is 422 g/mol. The summed E-state index contributed by atoms with van der Waals surface area (Å²) in [5.74, 6) is 1.39. The third-order valence-corrected chi connectivity index (χ3v) is 9.68. The van der Waals surface area contributed by atoms with Crippen LogP contribution in [-0.2, 0) is 10.0 Å². The zero-order chi connectivity index (χ0) is 22.7. The number of rotatable bonds is 5. The Labute approximate surface area is 194 Å². The fourth-order valence-corrected chi connectivity index (χ4v) is 7.22. The van der Waals surface area contributed by atoms with Gasteiger partial charge in [-0.2, -0.15) is 4.31 Å². The van der Waals surface area contributed by atoms with E-state index in [-0.39, 0.29) is 11.9 Å². The van der Waals surface area contributed by atoms with Gasteiger partial charge in [-0.1, -0.05) is 13.3 Å².